The van der Waals surface area contributed by atoms with Gasteiger partial charge in [0.1, 0.15) is 11.6 Å². The van der Waals surface area contributed by atoms with Crippen LogP contribution in [0.15, 0.2) is 48.7 Å². The molecule has 3 aromatic rings. The van der Waals surface area contributed by atoms with Gasteiger partial charge in [-0.1, -0.05) is 12.2 Å². The van der Waals surface area contributed by atoms with Gasteiger partial charge in [0.2, 0.25) is 5.88 Å². The minimum absolute atomic E-state index is 0.0142. The Morgan fingerprint density at radius 1 is 1.22 bits per heavy atom. The summed E-state index contributed by atoms with van der Waals surface area (Å²) in [7, 11) is 1.58. The molecule has 1 aliphatic heterocycles. The first-order valence-corrected chi connectivity index (χ1v) is 12.5. The number of hydrogen-bond acceptors (Lipinski definition) is 7. The van der Waals surface area contributed by atoms with E-state index in [1.807, 2.05) is 12.1 Å². The summed E-state index contributed by atoms with van der Waals surface area (Å²) in [6, 6.07) is 8.93. The third-order valence-electron chi connectivity index (χ3n) is 6.67. The van der Waals surface area contributed by atoms with Crippen molar-refractivity contribution in [1.29, 1.82) is 0 Å². The molecule has 0 bridgehead atoms. The number of aryl methyl sites for hydroxylation is 1. The zero-order valence-electron chi connectivity index (χ0n) is 20.8. The molecule has 1 fully saturated rings. The van der Waals surface area contributed by atoms with Crippen LogP contribution in [0.3, 0.4) is 0 Å². The van der Waals surface area contributed by atoms with Crippen LogP contribution in [0, 0.1) is 11.6 Å². The zero-order chi connectivity index (χ0) is 26.2. The number of aliphatic hydroxyl groups excluding tert-OH is 2. The number of pyridine rings is 2. The maximum Gasteiger partial charge on any atom is 0.213 e. The van der Waals surface area contributed by atoms with Crippen molar-refractivity contribution in [3.8, 4) is 5.88 Å². The van der Waals surface area contributed by atoms with E-state index >= 15 is 0 Å². The molecule has 4 atom stereocenters. The van der Waals surface area contributed by atoms with E-state index in [1.54, 1.807) is 25.4 Å². The molecule has 198 valence electrons. The summed E-state index contributed by atoms with van der Waals surface area (Å²) in [5.41, 5.74) is 2.87. The Morgan fingerprint density at radius 3 is 2.89 bits per heavy atom. The Balaban J connectivity index is 1.36. The molecule has 1 aromatic carbocycles. The molecule has 37 heavy (non-hydrogen) atoms. The van der Waals surface area contributed by atoms with E-state index in [0.717, 1.165) is 60.5 Å². The van der Waals surface area contributed by atoms with Crippen molar-refractivity contribution in [3.05, 3.63) is 71.4 Å². The summed E-state index contributed by atoms with van der Waals surface area (Å²) < 4.78 is 38.9. The van der Waals surface area contributed by atoms with Crippen LogP contribution < -0.4 is 10.1 Å². The normalized spacial score (nSPS) is 20.9. The first-order valence-electron chi connectivity index (χ1n) is 12.5. The van der Waals surface area contributed by atoms with E-state index in [0.29, 0.717) is 18.8 Å². The van der Waals surface area contributed by atoms with Crippen LogP contribution >= 0.6 is 0 Å². The van der Waals surface area contributed by atoms with Gasteiger partial charge in [0.25, 0.3) is 0 Å². The molecule has 3 N–H and O–H groups in total. The van der Waals surface area contributed by atoms with Gasteiger partial charge >= 0.3 is 0 Å². The molecule has 0 amide bonds. The lowest BCUT2D eigenvalue weighted by atomic mass is 9.92. The van der Waals surface area contributed by atoms with Crippen molar-refractivity contribution in [2.45, 2.75) is 56.5 Å². The zero-order valence-corrected chi connectivity index (χ0v) is 20.8. The summed E-state index contributed by atoms with van der Waals surface area (Å²) in [4.78, 5) is 8.95. The fourth-order valence-electron chi connectivity index (χ4n) is 4.71. The second-order valence-electron chi connectivity index (χ2n) is 9.26. The van der Waals surface area contributed by atoms with Gasteiger partial charge in [-0.15, -0.1) is 0 Å². The molecule has 3 heterocycles. The average Bonchev–Trinajstić information content (AvgIpc) is 2.92. The third kappa shape index (κ3) is 7.29. The van der Waals surface area contributed by atoms with Gasteiger partial charge in [-0.25, -0.2) is 13.8 Å². The number of halogens is 2. The molecule has 9 heteroatoms. The average molecular weight is 514 g/mol. The summed E-state index contributed by atoms with van der Waals surface area (Å²) in [6.07, 6.45) is 7.31. The van der Waals surface area contributed by atoms with E-state index in [9.17, 15) is 19.0 Å². The Labute approximate surface area is 215 Å². The Bertz CT molecular complexity index is 1210. The highest BCUT2D eigenvalue weighted by Gasteiger charge is 2.32. The second-order valence-corrected chi connectivity index (χ2v) is 9.26. The van der Waals surface area contributed by atoms with Crippen molar-refractivity contribution in [2.75, 3.05) is 20.3 Å². The molecular weight excluding hydrogens is 480 g/mol. The predicted molar refractivity (Wildman–Crippen MR) is 137 cm³/mol. The van der Waals surface area contributed by atoms with Gasteiger partial charge < -0.3 is 25.0 Å². The quantitative estimate of drug-likeness (QED) is 0.359. The number of aromatic nitrogens is 2. The smallest absolute Gasteiger partial charge is 0.213 e. The highest BCUT2D eigenvalue weighted by molar-refractivity contribution is 5.78. The molecule has 2 aromatic heterocycles. The summed E-state index contributed by atoms with van der Waals surface area (Å²) in [6.45, 7) is 0.0867. The van der Waals surface area contributed by atoms with Crippen LogP contribution in [0.1, 0.15) is 36.8 Å². The lowest BCUT2D eigenvalue weighted by molar-refractivity contribution is -0.0917. The van der Waals surface area contributed by atoms with E-state index < -0.39 is 17.7 Å². The fourth-order valence-corrected chi connectivity index (χ4v) is 4.71. The van der Waals surface area contributed by atoms with E-state index in [-0.39, 0.29) is 30.4 Å². The first-order chi connectivity index (χ1) is 18.0. The van der Waals surface area contributed by atoms with E-state index in [1.165, 1.54) is 6.08 Å². The van der Waals surface area contributed by atoms with Crippen molar-refractivity contribution in [2.24, 2.45) is 0 Å². The summed E-state index contributed by atoms with van der Waals surface area (Å²) in [5, 5.41) is 22.8. The number of ether oxygens (including phenoxy) is 2. The summed E-state index contributed by atoms with van der Waals surface area (Å²) >= 11 is 0. The van der Waals surface area contributed by atoms with Gasteiger partial charge in [-0.05, 0) is 61.6 Å². The molecule has 0 spiro atoms. The molecule has 7 nitrogen and oxygen atoms in total. The van der Waals surface area contributed by atoms with Gasteiger partial charge in [-0.3, -0.25) is 4.98 Å². The Morgan fingerprint density at radius 2 is 2.08 bits per heavy atom. The predicted octanol–water partition coefficient (Wildman–Crippen LogP) is 3.81. The molecular formula is C28H33F2N3O4. The van der Waals surface area contributed by atoms with Crippen molar-refractivity contribution in [1.82, 2.24) is 15.3 Å². The maximum atomic E-state index is 13.8. The number of methoxy groups -OCH3 is 1. The Hall–Kier alpha value is -2.98. The van der Waals surface area contributed by atoms with Crippen molar-refractivity contribution in [3.63, 3.8) is 0 Å². The van der Waals surface area contributed by atoms with E-state index in [2.05, 4.69) is 15.3 Å². The number of benzene rings is 1. The number of hydrogen-bond donors (Lipinski definition) is 3. The molecule has 4 rings (SSSR count). The monoisotopic (exact) mass is 513 g/mol. The molecule has 0 radical (unpaired) electrons. The fraction of sp³-hybridized carbons (Fsp3) is 0.429. The van der Waals surface area contributed by atoms with Crippen molar-refractivity contribution >= 4 is 17.1 Å². The first kappa shape index (κ1) is 27.1. The van der Waals surface area contributed by atoms with Gasteiger partial charge in [0.05, 0.1) is 43.1 Å². The number of rotatable bonds is 11. The lowest BCUT2D eigenvalue weighted by Gasteiger charge is -2.38. The van der Waals surface area contributed by atoms with Crippen molar-refractivity contribution < 1.29 is 28.5 Å². The highest BCUT2D eigenvalue weighted by Crippen LogP contribution is 2.27. The molecule has 0 saturated carbocycles. The minimum atomic E-state index is -0.884. The number of fused-ring (bicyclic) bond motifs is 1. The Kier molecular flexibility index (Phi) is 9.51. The SMILES string of the molecule is COc1ccc2nccc(CC[C@@H]3CC[C@@H](NC/C=C/c4cc(F)ccc4F)[C@@H](CC(O)CO)O3)c2n1. The highest BCUT2D eigenvalue weighted by atomic mass is 19.1. The second kappa shape index (κ2) is 13.0. The lowest BCUT2D eigenvalue weighted by Crippen LogP contribution is -2.49. The number of aliphatic hydroxyl groups is 2. The van der Waals surface area contributed by atoms with Crippen LogP contribution in [-0.4, -0.2) is 64.8 Å². The largest absolute Gasteiger partial charge is 0.481 e. The van der Waals surface area contributed by atoms with Crippen LogP contribution in [0.2, 0.25) is 0 Å². The standard InChI is InChI=1S/C28H33F2N3O4/c1-36-27-11-10-25-28(33-27)18(12-14-32-25)4-6-22-7-9-24(26(37-22)16-21(35)17-34)31-13-2-3-19-15-20(29)5-8-23(19)30/h2-3,5,8,10-12,14-15,21-22,24,26,31,34-35H,4,6-7,9,13,16-17H2,1H3/b3-2+/t21?,22-,24-,26-/m1/s1. The third-order valence-corrected chi connectivity index (χ3v) is 6.67. The molecule has 1 aliphatic rings. The minimum Gasteiger partial charge on any atom is -0.481 e. The number of nitrogens with zero attached hydrogens (tertiary/aromatic N) is 2. The van der Waals surface area contributed by atoms with Gasteiger partial charge in [0.15, 0.2) is 0 Å². The number of nitrogens with one attached hydrogen (secondary N) is 1. The van der Waals surface area contributed by atoms with E-state index in [4.69, 9.17) is 9.47 Å². The van der Waals surface area contributed by atoms with Crippen LogP contribution in [-0.2, 0) is 11.2 Å². The topological polar surface area (TPSA) is 96.7 Å². The van der Waals surface area contributed by atoms with Crippen LogP contribution in [0.4, 0.5) is 8.78 Å². The molecule has 0 aliphatic carbocycles. The van der Waals surface area contributed by atoms with Crippen LogP contribution in [0.25, 0.3) is 17.1 Å². The summed E-state index contributed by atoms with van der Waals surface area (Å²) in [5.74, 6) is -0.439. The molecule has 1 saturated heterocycles. The molecule has 1 unspecified atom stereocenters. The van der Waals surface area contributed by atoms with Crippen LogP contribution in [0.5, 0.6) is 5.88 Å². The van der Waals surface area contributed by atoms with Gasteiger partial charge in [0, 0.05) is 36.8 Å². The maximum absolute atomic E-state index is 13.8. The van der Waals surface area contributed by atoms with Gasteiger partial charge in [-0.2, -0.15) is 0 Å².